The van der Waals surface area contributed by atoms with Crippen LogP contribution in [0, 0.1) is 0 Å². The smallest absolute Gasteiger partial charge is 0.381 e. The van der Waals surface area contributed by atoms with Gasteiger partial charge in [-0.15, -0.1) is 0 Å². The lowest BCUT2D eigenvalue weighted by Crippen LogP contribution is -2.57. The van der Waals surface area contributed by atoms with E-state index >= 15 is 0 Å². The summed E-state index contributed by atoms with van der Waals surface area (Å²) >= 11 is 26.3. The van der Waals surface area contributed by atoms with Crippen molar-refractivity contribution in [1.29, 1.82) is 0 Å². The van der Waals surface area contributed by atoms with E-state index in [0.717, 1.165) is 69.0 Å². The first kappa shape index (κ1) is 47.2. The van der Waals surface area contributed by atoms with Gasteiger partial charge in [-0.05, 0) is 59.7 Å². The molecule has 0 aliphatic rings. The Balaban J connectivity index is 1.57. The molecule has 0 spiro atoms. The van der Waals surface area contributed by atoms with Crippen molar-refractivity contribution < 1.29 is 45.0 Å². The highest BCUT2D eigenvalue weighted by Gasteiger charge is 2.56. The maximum atomic E-state index is 13.7. The van der Waals surface area contributed by atoms with Crippen molar-refractivity contribution >= 4 is 56.4 Å². The van der Waals surface area contributed by atoms with Gasteiger partial charge >= 0.3 is 12.4 Å². The highest BCUT2D eigenvalue weighted by Crippen LogP contribution is 2.51. The van der Waals surface area contributed by atoms with Crippen LogP contribution in [0.4, 0.5) is 26.3 Å². The van der Waals surface area contributed by atoms with Crippen LogP contribution < -0.4 is 5.32 Å². The molecule has 0 amide bonds. The second-order valence-corrected chi connectivity index (χ2v) is 17.9. The van der Waals surface area contributed by atoms with E-state index in [4.69, 9.17) is 46.4 Å². The largest absolute Gasteiger partial charge is 0.416 e. The summed E-state index contributed by atoms with van der Waals surface area (Å²) in [5, 5.41) is 38.8. The molecule has 0 aliphatic carbocycles. The highest BCUT2D eigenvalue weighted by molar-refractivity contribution is 7.88. The van der Waals surface area contributed by atoms with Crippen molar-refractivity contribution in [3.63, 3.8) is 0 Å². The van der Waals surface area contributed by atoms with Crippen LogP contribution in [0.1, 0.15) is 45.5 Å². The molecule has 0 radical (unpaired) electrons. The van der Waals surface area contributed by atoms with Gasteiger partial charge in [0, 0.05) is 57.4 Å². The van der Waals surface area contributed by atoms with Crippen LogP contribution in [0.25, 0.3) is 0 Å². The lowest BCUT2D eigenvalue weighted by molar-refractivity contribution is -0.138. The van der Waals surface area contributed by atoms with Crippen molar-refractivity contribution in [3.8, 4) is 0 Å². The fourth-order valence-corrected chi connectivity index (χ4v) is 9.08. The molecule has 6 rings (SSSR count). The predicted octanol–water partition coefficient (Wildman–Crippen LogP) is 8.33. The fourth-order valence-electron chi connectivity index (χ4n) is 7.12. The molecule has 0 fully saturated rings. The van der Waals surface area contributed by atoms with Crippen molar-refractivity contribution in [2.24, 2.45) is 0 Å². The summed E-state index contributed by atoms with van der Waals surface area (Å²) in [6.45, 7) is -2.10. The van der Waals surface area contributed by atoms with Gasteiger partial charge in [0.15, 0.2) is 0 Å². The van der Waals surface area contributed by atoms with Crippen LogP contribution >= 0.6 is 46.4 Å². The Labute approximate surface area is 370 Å². The molecule has 0 aliphatic heterocycles. The minimum atomic E-state index is -4.68. The molecule has 3 N–H and O–H groups in total. The van der Waals surface area contributed by atoms with Gasteiger partial charge in [-0.1, -0.05) is 82.8 Å². The Bertz CT molecular complexity index is 2570. The van der Waals surface area contributed by atoms with Crippen LogP contribution in [0.15, 0.2) is 110 Å². The van der Waals surface area contributed by atoms with E-state index in [1.165, 1.54) is 61.2 Å². The number of alkyl halides is 6. The van der Waals surface area contributed by atoms with E-state index in [9.17, 15) is 45.0 Å². The van der Waals surface area contributed by atoms with E-state index < -0.39 is 76.4 Å². The SMILES string of the molecule is CS(=O)(=O)N(Cc1ccc(C(F)(F)F)cc1)CC(O)(c1ccc(Cl)cc1Cl)C(C(n1cncn1)C(O)(CNCc1ccc(C(F)(F)F)cc1)c1ccc(Cl)cc1Cl)n1cncn1. The van der Waals surface area contributed by atoms with Crippen LogP contribution in [0.2, 0.25) is 20.1 Å². The van der Waals surface area contributed by atoms with Gasteiger partial charge in [0.25, 0.3) is 0 Å². The summed E-state index contributed by atoms with van der Waals surface area (Å²) in [6.07, 6.45) is -3.86. The molecule has 12 nitrogen and oxygen atoms in total. The third-order valence-corrected chi connectivity index (χ3v) is 12.3. The number of benzene rings is 4. The first-order chi connectivity index (χ1) is 29.0. The highest BCUT2D eigenvalue weighted by atomic mass is 35.5. The second kappa shape index (κ2) is 18.4. The maximum Gasteiger partial charge on any atom is 0.416 e. The number of nitrogens with zero attached hydrogens (tertiary/aromatic N) is 7. The summed E-state index contributed by atoms with van der Waals surface area (Å²) < 4.78 is 111. The molecule has 0 saturated heterocycles. The normalized spacial score (nSPS) is 15.6. The van der Waals surface area contributed by atoms with Crippen molar-refractivity contribution in [2.75, 3.05) is 19.3 Å². The first-order valence-electron chi connectivity index (χ1n) is 18.0. The van der Waals surface area contributed by atoms with E-state index in [1.54, 1.807) is 0 Å². The lowest BCUT2D eigenvalue weighted by Gasteiger charge is -2.48. The molecule has 330 valence electrons. The molecule has 4 atom stereocenters. The van der Waals surface area contributed by atoms with Crippen LogP contribution in [-0.2, 0) is 46.7 Å². The molecule has 23 heteroatoms. The van der Waals surface area contributed by atoms with Gasteiger partial charge < -0.3 is 15.5 Å². The van der Waals surface area contributed by atoms with Gasteiger partial charge in [0.1, 0.15) is 48.6 Å². The number of hydrogen-bond donors (Lipinski definition) is 3. The lowest BCUT2D eigenvalue weighted by atomic mass is 9.73. The zero-order chi connectivity index (χ0) is 45.3. The molecule has 62 heavy (non-hydrogen) atoms. The topological polar surface area (TPSA) is 151 Å². The first-order valence-corrected chi connectivity index (χ1v) is 21.4. The molecular formula is C39H34Cl4F6N8O4S. The molecule has 6 aromatic rings. The van der Waals surface area contributed by atoms with E-state index in [2.05, 4.69) is 25.5 Å². The summed E-state index contributed by atoms with van der Waals surface area (Å²) in [5.41, 5.74) is -6.59. The molecule has 4 unspecified atom stereocenters. The fraction of sp³-hybridized carbons (Fsp3) is 0.282. The van der Waals surface area contributed by atoms with E-state index in [0.29, 0.717) is 5.56 Å². The molecular weight excluding hydrogens is 932 g/mol. The second-order valence-electron chi connectivity index (χ2n) is 14.3. The number of rotatable bonds is 16. The van der Waals surface area contributed by atoms with Gasteiger partial charge in [0.2, 0.25) is 10.0 Å². The summed E-state index contributed by atoms with van der Waals surface area (Å²) in [7, 11) is -4.38. The Morgan fingerprint density at radius 2 is 1.11 bits per heavy atom. The monoisotopic (exact) mass is 964 g/mol. The minimum absolute atomic E-state index is 0.0247. The van der Waals surface area contributed by atoms with Crippen molar-refractivity contribution in [1.82, 2.24) is 39.2 Å². The number of sulfonamides is 1. The molecule has 0 bridgehead atoms. The van der Waals surface area contributed by atoms with E-state index in [1.807, 2.05) is 0 Å². The zero-order valence-corrected chi connectivity index (χ0v) is 35.7. The number of halogens is 10. The Morgan fingerprint density at radius 3 is 1.52 bits per heavy atom. The molecule has 0 saturated carbocycles. The standard InChI is InChI=1S/C39H34Cl4F6N8O4S/c1-62(60,61)55(17-25-4-8-27(9-5-25)39(47,48)49)19-37(59,31-13-11-29(41)15-33(31)43)35(57-23-52-21-54-57)34(56-22-51-20-53-56)36(58,30-12-10-28(40)14-32(30)42)18-50-16-24-2-6-26(7-3-24)38(44,45)46/h2-15,20-23,34-35,50,58-59H,16-19H2,1H3. The number of nitrogens with one attached hydrogen (secondary N) is 1. The summed E-state index contributed by atoms with van der Waals surface area (Å²) in [6, 6.07) is 12.7. The summed E-state index contributed by atoms with van der Waals surface area (Å²) in [4.78, 5) is 8.17. The maximum absolute atomic E-state index is 13.7. The van der Waals surface area contributed by atoms with Crippen LogP contribution in [0.3, 0.4) is 0 Å². The average molecular weight is 967 g/mol. The molecule has 2 aromatic heterocycles. The van der Waals surface area contributed by atoms with Crippen LogP contribution in [0.5, 0.6) is 0 Å². The van der Waals surface area contributed by atoms with Crippen molar-refractivity contribution in [2.45, 2.75) is 48.7 Å². The quantitative estimate of drug-likeness (QED) is 0.0814. The minimum Gasteiger partial charge on any atom is -0.381 e. The molecule has 2 heterocycles. The Kier molecular flexibility index (Phi) is 14.0. The average Bonchev–Trinajstić information content (AvgIpc) is 3.91. The number of aliphatic hydroxyl groups is 2. The summed E-state index contributed by atoms with van der Waals surface area (Å²) in [5.74, 6) is 0. The van der Waals surface area contributed by atoms with Crippen molar-refractivity contribution in [3.05, 3.63) is 164 Å². The third-order valence-electron chi connectivity index (χ3n) is 10.0. The molecule has 4 aromatic carbocycles. The number of hydrogen-bond acceptors (Lipinski definition) is 9. The Morgan fingerprint density at radius 1 is 0.677 bits per heavy atom. The van der Waals surface area contributed by atoms with Gasteiger partial charge in [0.05, 0.1) is 17.4 Å². The van der Waals surface area contributed by atoms with E-state index in [-0.39, 0.29) is 43.3 Å². The Hall–Kier alpha value is -4.31. The predicted molar refractivity (Wildman–Crippen MR) is 219 cm³/mol. The van der Waals surface area contributed by atoms with Crippen LogP contribution in [-0.4, -0.2) is 71.8 Å². The third kappa shape index (κ3) is 10.5. The number of aromatic nitrogens is 6. The van der Waals surface area contributed by atoms with Gasteiger partial charge in [-0.2, -0.15) is 40.8 Å². The zero-order valence-electron chi connectivity index (χ0n) is 31.9. The van der Waals surface area contributed by atoms with Gasteiger partial charge in [-0.25, -0.2) is 27.7 Å². The van der Waals surface area contributed by atoms with Gasteiger partial charge in [-0.3, -0.25) is 0 Å².